The minimum Gasteiger partial charge on any atom is -0.399 e. The predicted octanol–water partition coefficient (Wildman–Crippen LogP) is 1.22. The van der Waals surface area contributed by atoms with Crippen molar-refractivity contribution in [1.82, 2.24) is 0 Å². The monoisotopic (exact) mass is 258 g/mol. The number of anilines is 4. The summed E-state index contributed by atoms with van der Waals surface area (Å²) in [7, 11) is 0. The van der Waals surface area contributed by atoms with Crippen LogP contribution in [0.3, 0.4) is 0 Å². The highest BCUT2D eigenvalue weighted by molar-refractivity contribution is 5.85. The molecule has 2 rings (SSSR count). The topological polar surface area (TPSA) is 124 Å². The second-order valence-electron chi connectivity index (χ2n) is 4.46. The van der Waals surface area contributed by atoms with Gasteiger partial charge in [0.05, 0.1) is 0 Å². The van der Waals surface area contributed by atoms with Crippen molar-refractivity contribution in [1.29, 1.82) is 0 Å². The van der Waals surface area contributed by atoms with Gasteiger partial charge in [0.25, 0.3) is 0 Å². The molecule has 0 aromatic heterocycles. The average molecular weight is 258 g/mol. The van der Waals surface area contributed by atoms with Gasteiger partial charge in [-0.2, -0.15) is 0 Å². The van der Waals surface area contributed by atoms with Crippen LogP contribution in [0.4, 0.5) is 22.7 Å². The summed E-state index contributed by atoms with van der Waals surface area (Å²) in [4.78, 5) is 0. The van der Waals surface area contributed by atoms with Gasteiger partial charge in [0, 0.05) is 34.9 Å². The number of nitrogens with two attached hydrogens (primary N) is 4. The Kier molecular flexibility index (Phi) is 3.48. The zero-order valence-corrected chi connectivity index (χ0v) is 10.6. The molecule has 5 nitrogen and oxygen atoms in total. The molecule has 0 fully saturated rings. The summed E-state index contributed by atoms with van der Waals surface area (Å²) in [5.74, 6) is 0. The third kappa shape index (κ3) is 2.56. The zero-order valence-electron chi connectivity index (χ0n) is 10.6. The number of hydrogen-bond donors (Lipinski definition) is 5. The molecule has 0 saturated carbocycles. The quantitative estimate of drug-likeness (QED) is 0.529. The zero-order chi connectivity index (χ0) is 14.0. The standard InChI is InChI=1S/C14H18N4O/c15-8-1-2-10(13(17)6-8)12-5-9(16)7-14(18)11(12)3-4-19/h1-2,5-7,19H,3-4,15-18H2. The molecule has 2 aromatic rings. The molecular formula is C14H18N4O. The molecule has 0 atom stereocenters. The molecule has 0 aliphatic carbocycles. The Morgan fingerprint density at radius 3 is 2.11 bits per heavy atom. The summed E-state index contributed by atoms with van der Waals surface area (Å²) in [6.07, 6.45) is 0.450. The molecule has 0 unspecified atom stereocenters. The van der Waals surface area contributed by atoms with Gasteiger partial charge in [-0.25, -0.2) is 0 Å². The Bertz CT molecular complexity index is 611. The van der Waals surface area contributed by atoms with Crippen LogP contribution in [0.5, 0.6) is 0 Å². The average Bonchev–Trinajstić information content (AvgIpc) is 2.32. The first kappa shape index (κ1) is 13.0. The first-order chi connectivity index (χ1) is 9.02. The van der Waals surface area contributed by atoms with Crippen LogP contribution in [0, 0.1) is 0 Å². The van der Waals surface area contributed by atoms with Crippen LogP contribution in [0.1, 0.15) is 5.56 Å². The van der Waals surface area contributed by atoms with Crippen LogP contribution in [-0.2, 0) is 6.42 Å². The Labute approximate surface area is 111 Å². The van der Waals surface area contributed by atoms with Gasteiger partial charge in [0.1, 0.15) is 0 Å². The van der Waals surface area contributed by atoms with Gasteiger partial charge in [0.2, 0.25) is 0 Å². The van der Waals surface area contributed by atoms with Gasteiger partial charge < -0.3 is 28.0 Å². The number of aliphatic hydroxyl groups excluding tert-OH is 1. The SMILES string of the molecule is Nc1ccc(-c2cc(N)cc(N)c2CCO)c(N)c1. The molecule has 5 heteroatoms. The van der Waals surface area contributed by atoms with E-state index in [4.69, 9.17) is 28.0 Å². The molecule has 0 radical (unpaired) electrons. The van der Waals surface area contributed by atoms with Gasteiger partial charge >= 0.3 is 0 Å². The molecule has 0 aliphatic heterocycles. The Morgan fingerprint density at radius 1 is 0.789 bits per heavy atom. The predicted molar refractivity (Wildman–Crippen MR) is 80.3 cm³/mol. The van der Waals surface area contributed by atoms with E-state index >= 15 is 0 Å². The van der Waals surface area contributed by atoms with E-state index in [-0.39, 0.29) is 6.61 Å². The van der Waals surface area contributed by atoms with Crippen LogP contribution in [0.25, 0.3) is 11.1 Å². The highest BCUT2D eigenvalue weighted by Crippen LogP contribution is 2.35. The van der Waals surface area contributed by atoms with Crippen molar-refractivity contribution < 1.29 is 5.11 Å². The lowest BCUT2D eigenvalue weighted by molar-refractivity contribution is 0.300. The first-order valence-corrected chi connectivity index (χ1v) is 5.97. The first-order valence-electron chi connectivity index (χ1n) is 5.97. The minimum absolute atomic E-state index is 0.00992. The van der Waals surface area contributed by atoms with Crippen molar-refractivity contribution >= 4 is 22.7 Å². The van der Waals surface area contributed by atoms with Crippen molar-refractivity contribution in [3.8, 4) is 11.1 Å². The van der Waals surface area contributed by atoms with Crippen molar-refractivity contribution in [3.63, 3.8) is 0 Å². The molecule has 0 aliphatic rings. The Hall–Kier alpha value is -2.40. The van der Waals surface area contributed by atoms with Crippen molar-refractivity contribution in [2.75, 3.05) is 29.5 Å². The molecule has 2 aromatic carbocycles. The van der Waals surface area contributed by atoms with Crippen LogP contribution in [-0.4, -0.2) is 11.7 Å². The molecule has 9 N–H and O–H groups in total. The normalized spacial score (nSPS) is 10.6. The third-order valence-electron chi connectivity index (χ3n) is 3.03. The second-order valence-corrected chi connectivity index (χ2v) is 4.46. The maximum atomic E-state index is 9.16. The van der Waals surface area contributed by atoms with Gasteiger partial charge in [-0.15, -0.1) is 0 Å². The fourth-order valence-corrected chi connectivity index (χ4v) is 2.18. The number of rotatable bonds is 3. The van der Waals surface area contributed by atoms with Crippen LogP contribution >= 0.6 is 0 Å². The minimum atomic E-state index is 0.00992. The van der Waals surface area contributed by atoms with E-state index in [1.165, 1.54) is 0 Å². The van der Waals surface area contributed by atoms with Crippen LogP contribution in [0.15, 0.2) is 30.3 Å². The Balaban J connectivity index is 2.66. The summed E-state index contributed by atoms with van der Waals surface area (Å²) < 4.78 is 0. The molecule has 100 valence electrons. The highest BCUT2D eigenvalue weighted by atomic mass is 16.2. The fraction of sp³-hybridized carbons (Fsp3) is 0.143. The number of nitrogen functional groups attached to an aromatic ring is 4. The number of hydrogen-bond acceptors (Lipinski definition) is 5. The van der Waals surface area contributed by atoms with Crippen molar-refractivity contribution in [2.24, 2.45) is 0 Å². The van der Waals surface area contributed by atoms with Crippen molar-refractivity contribution in [2.45, 2.75) is 6.42 Å². The molecular weight excluding hydrogens is 240 g/mol. The molecule has 0 bridgehead atoms. The molecule has 19 heavy (non-hydrogen) atoms. The van der Waals surface area contributed by atoms with Gasteiger partial charge in [-0.3, -0.25) is 0 Å². The lowest BCUT2D eigenvalue weighted by Crippen LogP contribution is -2.03. The molecule has 0 spiro atoms. The van der Waals surface area contributed by atoms with E-state index < -0.39 is 0 Å². The van der Waals surface area contributed by atoms with Gasteiger partial charge in [-0.1, -0.05) is 6.07 Å². The van der Waals surface area contributed by atoms with E-state index in [0.29, 0.717) is 29.2 Å². The van der Waals surface area contributed by atoms with E-state index in [1.54, 1.807) is 18.2 Å². The summed E-state index contributed by atoms with van der Waals surface area (Å²) in [6.45, 7) is 0.00992. The maximum Gasteiger partial charge on any atom is 0.0472 e. The van der Waals surface area contributed by atoms with E-state index in [0.717, 1.165) is 16.7 Å². The summed E-state index contributed by atoms with van der Waals surface area (Å²) in [5.41, 5.74) is 28.3. The fourth-order valence-electron chi connectivity index (χ4n) is 2.18. The summed E-state index contributed by atoms with van der Waals surface area (Å²) in [5, 5.41) is 9.16. The molecule has 0 heterocycles. The largest absolute Gasteiger partial charge is 0.399 e. The second kappa shape index (κ2) is 5.07. The van der Waals surface area contributed by atoms with Gasteiger partial charge in [0.15, 0.2) is 0 Å². The third-order valence-corrected chi connectivity index (χ3v) is 3.03. The van der Waals surface area contributed by atoms with E-state index in [1.807, 2.05) is 12.1 Å². The lowest BCUT2D eigenvalue weighted by Gasteiger charge is -2.15. The maximum absolute atomic E-state index is 9.16. The van der Waals surface area contributed by atoms with Crippen LogP contribution < -0.4 is 22.9 Å². The van der Waals surface area contributed by atoms with E-state index in [2.05, 4.69) is 0 Å². The number of benzene rings is 2. The van der Waals surface area contributed by atoms with Crippen molar-refractivity contribution in [3.05, 3.63) is 35.9 Å². The van der Waals surface area contributed by atoms with Gasteiger partial charge in [-0.05, 0) is 41.8 Å². The van der Waals surface area contributed by atoms with Crippen LogP contribution in [0.2, 0.25) is 0 Å². The smallest absolute Gasteiger partial charge is 0.0472 e. The number of aliphatic hydroxyl groups is 1. The van der Waals surface area contributed by atoms with E-state index in [9.17, 15) is 0 Å². The highest BCUT2D eigenvalue weighted by Gasteiger charge is 2.12. The lowest BCUT2D eigenvalue weighted by atomic mass is 9.94. The Morgan fingerprint density at radius 2 is 1.47 bits per heavy atom. The molecule has 0 saturated heterocycles. The molecule has 0 amide bonds. The summed E-state index contributed by atoms with van der Waals surface area (Å²) in [6, 6.07) is 8.79. The summed E-state index contributed by atoms with van der Waals surface area (Å²) >= 11 is 0.